The molecule has 10 rings (SSSR count). The molecule has 4 heterocycles. The minimum Gasteiger partial charge on any atom is -0.308 e. The maximum absolute atomic E-state index is 10.4. The Balaban J connectivity index is 1.57. The molecule has 0 saturated heterocycles. The first-order chi connectivity index (χ1) is 20.8. The molecule has 0 radical (unpaired) electrons. The molecule has 0 aliphatic heterocycles. The first kappa shape index (κ1) is 21.8. The van der Waals surface area contributed by atoms with Crippen LogP contribution in [0.3, 0.4) is 0 Å². The minimum absolute atomic E-state index is 0.306. The first-order valence-electron chi connectivity index (χ1n) is 14.0. The van der Waals surface area contributed by atoms with E-state index in [4.69, 9.17) is 9.97 Å². The lowest BCUT2D eigenvalue weighted by Crippen LogP contribution is -2.04. The van der Waals surface area contributed by atoms with Crippen molar-refractivity contribution in [2.24, 2.45) is 0 Å². The van der Waals surface area contributed by atoms with Gasteiger partial charge in [0.15, 0.2) is 11.5 Å². The second kappa shape index (κ2) is 7.60. The van der Waals surface area contributed by atoms with Gasteiger partial charge in [-0.25, -0.2) is 9.97 Å². The Hall–Kier alpha value is -5.99. The maximum Gasteiger partial charge on any atom is 0.184 e. The largest absolute Gasteiger partial charge is 0.308 e. The molecule has 0 unspecified atom stereocenters. The zero-order valence-corrected chi connectivity index (χ0v) is 22.2. The van der Waals surface area contributed by atoms with Gasteiger partial charge < -0.3 is 4.40 Å². The number of rotatable bonds is 1. The number of hydrogen-bond donors (Lipinski definition) is 0. The van der Waals surface area contributed by atoms with Crippen LogP contribution in [0, 0.1) is 11.3 Å². The molecule has 5 heteroatoms. The molecule has 0 saturated carbocycles. The third kappa shape index (κ3) is 2.53. The van der Waals surface area contributed by atoms with Crippen molar-refractivity contribution in [3.05, 3.63) is 121 Å². The van der Waals surface area contributed by atoms with E-state index >= 15 is 0 Å². The molecular weight excluding hydrogens is 514 g/mol. The van der Waals surface area contributed by atoms with E-state index in [0.29, 0.717) is 17.0 Å². The van der Waals surface area contributed by atoms with Crippen molar-refractivity contribution in [2.75, 3.05) is 0 Å². The van der Waals surface area contributed by atoms with Gasteiger partial charge in [-0.1, -0.05) is 78.9 Å². The standard InChI is InChI=1S/C37H19N5/c38-20-29-37(40-28-14-6-5-13-27(28)39-29)42-31-16-8-4-12-24(31)26-19-25-23-11-3-7-15-30(23)41-32-18-17-21-9-1-2-10-22(21)33(32)34(35(25)41)36(26)42/h1-19H. The summed E-state index contributed by atoms with van der Waals surface area (Å²) in [6.07, 6.45) is 0. The van der Waals surface area contributed by atoms with Crippen LogP contribution in [0.15, 0.2) is 115 Å². The normalized spacial score (nSPS) is 12.3. The highest BCUT2D eigenvalue weighted by Gasteiger charge is 2.26. The van der Waals surface area contributed by atoms with Gasteiger partial charge in [-0.2, -0.15) is 5.26 Å². The van der Waals surface area contributed by atoms with E-state index in [1.807, 2.05) is 24.3 Å². The third-order valence-electron chi connectivity index (χ3n) is 8.86. The second-order valence-corrected chi connectivity index (χ2v) is 10.9. The van der Waals surface area contributed by atoms with E-state index in [0.717, 1.165) is 27.3 Å². The highest BCUT2D eigenvalue weighted by atomic mass is 15.1. The fraction of sp³-hybridized carbons (Fsp3) is 0. The second-order valence-electron chi connectivity index (χ2n) is 10.9. The van der Waals surface area contributed by atoms with E-state index < -0.39 is 0 Å². The lowest BCUT2D eigenvalue weighted by Gasteiger charge is -2.11. The van der Waals surface area contributed by atoms with Crippen LogP contribution >= 0.6 is 0 Å². The molecule has 0 spiro atoms. The van der Waals surface area contributed by atoms with Crippen molar-refractivity contribution >= 4 is 81.7 Å². The van der Waals surface area contributed by atoms with Gasteiger partial charge in [-0.05, 0) is 47.2 Å². The van der Waals surface area contributed by atoms with Crippen molar-refractivity contribution in [1.82, 2.24) is 18.9 Å². The molecule has 6 aromatic carbocycles. The lowest BCUT2D eigenvalue weighted by molar-refractivity contribution is 1.06. The topological polar surface area (TPSA) is 58.9 Å². The molecule has 0 fully saturated rings. The number of nitriles is 1. The van der Waals surface area contributed by atoms with Crippen LogP contribution in [-0.4, -0.2) is 18.9 Å². The van der Waals surface area contributed by atoms with Crippen LogP contribution in [0.25, 0.3) is 87.5 Å². The number of aromatic nitrogens is 4. The van der Waals surface area contributed by atoms with Crippen LogP contribution in [0.2, 0.25) is 0 Å². The quantitative estimate of drug-likeness (QED) is 0.212. The average Bonchev–Trinajstić information content (AvgIpc) is 3.68. The Morgan fingerprint density at radius 1 is 0.524 bits per heavy atom. The summed E-state index contributed by atoms with van der Waals surface area (Å²) >= 11 is 0. The minimum atomic E-state index is 0.306. The summed E-state index contributed by atoms with van der Waals surface area (Å²) in [4.78, 5) is 9.87. The molecule has 0 aliphatic carbocycles. The fourth-order valence-corrected chi connectivity index (χ4v) is 7.21. The molecule has 4 aromatic heterocycles. The van der Waals surface area contributed by atoms with Gasteiger partial charge in [0, 0.05) is 32.3 Å². The van der Waals surface area contributed by atoms with E-state index in [9.17, 15) is 5.26 Å². The maximum atomic E-state index is 10.4. The number of fused-ring (bicyclic) bond motifs is 13. The molecule has 0 bridgehead atoms. The van der Waals surface area contributed by atoms with Crippen LogP contribution in [0.4, 0.5) is 0 Å². The number of nitrogens with zero attached hydrogens (tertiary/aromatic N) is 5. The Bertz CT molecular complexity index is 2810. The summed E-state index contributed by atoms with van der Waals surface area (Å²) in [5.74, 6) is 0.550. The van der Waals surface area contributed by atoms with E-state index in [1.165, 1.54) is 48.9 Å². The number of benzene rings is 6. The van der Waals surface area contributed by atoms with Gasteiger partial charge in [-0.15, -0.1) is 0 Å². The van der Waals surface area contributed by atoms with Gasteiger partial charge in [0.25, 0.3) is 0 Å². The predicted octanol–water partition coefficient (Wildman–Crippen LogP) is 8.90. The van der Waals surface area contributed by atoms with Crippen LogP contribution in [0.5, 0.6) is 0 Å². The van der Waals surface area contributed by atoms with Crippen molar-refractivity contribution in [3.63, 3.8) is 0 Å². The summed E-state index contributed by atoms with van der Waals surface area (Å²) in [5, 5.41) is 19.8. The zero-order chi connectivity index (χ0) is 27.5. The molecule has 5 nitrogen and oxygen atoms in total. The van der Waals surface area contributed by atoms with Crippen molar-refractivity contribution in [1.29, 1.82) is 5.26 Å². The summed E-state index contributed by atoms with van der Waals surface area (Å²) in [5.41, 5.74) is 7.37. The summed E-state index contributed by atoms with van der Waals surface area (Å²) < 4.78 is 4.59. The summed E-state index contributed by atoms with van der Waals surface area (Å²) in [6.45, 7) is 0. The molecule has 0 amide bonds. The van der Waals surface area contributed by atoms with Crippen LogP contribution < -0.4 is 0 Å². The van der Waals surface area contributed by atoms with Gasteiger partial charge in [0.2, 0.25) is 0 Å². The Morgan fingerprint density at radius 3 is 1.98 bits per heavy atom. The molecule has 42 heavy (non-hydrogen) atoms. The molecule has 0 N–H and O–H groups in total. The summed E-state index contributed by atoms with van der Waals surface area (Å²) in [6, 6.07) is 42.6. The van der Waals surface area contributed by atoms with Crippen molar-refractivity contribution in [2.45, 2.75) is 0 Å². The third-order valence-corrected chi connectivity index (χ3v) is 8.86. The molecular formula is C37H19N5. The highest BCUT2D eigenvalue weighted by molar-refractivity contribution is 6.37. The monoisotopic (exact) mass is 533 g/mol. The first-order valence-corrected chi connectivity index (χ1v) is 14.0. The van der Waals surface area contributed by atoms with Gasteiger partial charge in [0.05, 0.1) is 38.6 Å². The fourth-order valence-electron chi connectivity index (χ4n) is 7.21. The number of para-hydroxylation sites is 4. The van der Waals surface area contributed by atoms with Gasteiger partial charge in [0.1, 0.15) is 6.07 Å². The lowest BCUT2D eigenvalue weighted by atomic mass is 9.99. The Morgan fingerprint density at radius 2 is 1.17 bits per heavy atom. The van der Waals surface area contributed by atoms with Crippen LogP contribution in [-0.2, 0) is 0 Å². The highest BCUT2D eigenvalue weighted by Crippen LogP contribution is 2.47. The molecule has 0 aliphatic rings. The van der Waals surface area contributed by atoms with Gasteiger partial charge >= 0.3 is 0 Å². The summed E-state index contributed by atoms with van der Waals surface area (Å²) in [7, 11) is 0. The van der Waals surface area contributed by atoms with E-state index in [2.05, 4.69) is 106 Å². The molecule has 10 aromatic rings. The van der Waals surface area contributed by atoms with Crippen LogP contribution in [0.1, 0.15) is 5.69 Å². The SMILES string of the molecule is N#Cc1nc2ccccc2nc1-n1c2ccccc2c2cc3c4ccccc4n4c5ccc6ccccc6c5c(c21)c34. The van der Waals surface area contributed by atoms with E-state index in [1.54, 1.807) is 0 Å². The predicted molar refractivity (Wildman–Crippen MR) is 171 cm³/mol. The molecule has 0 atom stereocenters. The number of hydrogen-bond acceptors (Lipinski definition) is 3. The van der Waals surface area contributed by atoms with Crippen molar-refractivity contribution < 1.29 is 0 Å². The van der Waals surface area contributed by atoms with Gasteiger partial charge in [-0.3, -0.25) is 4.57 Å². The Labute approximate surface area is 238 Å². The van der Waals surface area contributed by atoms with Crippen molar-refractivity contribution in [3.8, 4) is 11.9 Å². The smallest absolute Gasteiger partial charge is 0.184 e. The molecule has 192 valence electrons. The average molecular weight is 534 g/mol. The zero-order valence-electron chi connectivity index (χ0n) is 22.2. The Kier molecular flexibility index (Phi) is 3.94. The van der Waals surface area contributed by atoms with E-state index in [-0.39, 0.29) is 0 Å².